The Morgan fingerprint density at radius 1 is 1.11 bits per heavy atom. The Morgan fingerprint density at radius 2 is 1.83 bits per heavy atom. The summed E-state index contributed by atoms with van der Waals surface area (Å²) in [5.41, 5.74) is 4.49. The van der Waals surface area contributed by atoms with Crippen molar-refractivity contribution >= 4 is 5.82 Å². The molecule has 0 spiro atoms. The van der Waals surface area contributed by atoms with Crippen LogP contribution >= 0.6 is 0 Å². The Balaban J connectivity index is 2.35. The van der Waals surface area contributed by atoms with E-state index in [1.807, 2.05) is 0 Å². The summed E-state index contributed by atoms with van der Waals surface area (Å²) < 4.78 is 43.0. The third-order valence-electron chi connectivity index (χ3n) is 2.05. The van der Waals surface area contributed by atoms with E-state index in [1.165, 1.54) is 30.5 Å². The van der Waals surface area contributed by atoms with E-state index in [9.17, 15) is 13.2 Å². The van der Waals surface area contributed by atoms with E-state index in [0.717, 1.165) is 6.07 Å². The lowest BCUT2D eigenvalue weighted by Gasteiger charge is -2.12. The van der Waals surface area contributed by atoms with Gasteiger partial charge in [0.15, 0.2) is 0 Å². The maximum atomic E-state index is 12.7. The van der Waals surface area contributed by atoms with Crippen LogP contribution in [0.1, 0.15) is 5.56 Å². The second-order valence-corrected chi connectivity index (χ2v) is 3.36. The highest BCUT2D eigenvalue weighted by molar-refractivity contribution is 5.38. The second kappa shape index (κ2) is 4.52. The predicted molar refractivity (Wildman–Crippen MR) is 58.0 cm³/mol. The van der Waals surface area contributed by atoms with Crippen LogP contribution in [0.3, 0.4) is 0 Å². The molecule has 1 heterocycles. The lowest BCUT2D eigenvalue weighted by Crippen LogP contribution is -2.07. The standard InChI is InChI=1S/C11H8F3N3O/c12-11(13,14)7-3-1-2-4-8(7)18-10-16-6-5-9(15)17-10/h1-6H,(H2,15,16,17). The van der Waals surface area contributed by atoms with Crippen LogP contribution in [0.2, 0.25) is 0 Å². The van der Waals surface area contributed by atoms with Crippen molar-refractivity contribution < 1.29 is 17.9 Å². The van der Waals surface area contributed by atoms with E-state index < -0.39 is 11.7 Å². The SMILES string of the molecule is Nc1ccnc(Oc2ccccc2C(F)(F)F)n1. The average molecular weight is 255 g/mol. The van der Waals surface area contributed by atoms with Gasteiger partial charge < -0.3 is 10.5 Å². The first-order valence-electron chi connectivity index (χ1n) is 4.89. The molecular weight excluding hydrogens is 247 g/mol. The van der Waals surface area contributed by atoms with Gasteiger partial charge in [0.1, 0.15) is 11.6 Å². The molecule has 0 saturated heterocycles. The van der Waals surface area contributed by atoms with Gasteiger partial charge in [0.2, 0.25) is 0 Å². The molecule has 1 aromatic carbocycles. The number of nitrogens with two attached hydrogens (primary N) is 1. The van der Waals surface area contributed by atoms with Gasteiger partial charge in [-0.1, -0.05) is 12.1 Å². The monoisotopic (exact) mass is 255 g/mol. The van der Waals surface area contributed by atoms with E-state index in [-0.39, 0.29) is 17.6 Å². The highest BCUT2D eigenvalue weighted by Gasteiger charge is 2.34. The molecule has 0 radical (unpaired) electrons. The molecule has 0 unspecified atom stereocenters. The fraction of sp³-hybridized carbons (Fsp3) is 0.0909. The Bertz CT molecular complexity index is 557. The van der Waals surface area contributed by atoms with Crippen LogP contribution in [0.25, 0.3) is 0 Å². The first-order valence-corrected chi connectivity index (χ1v) is 4.89. The molecule has 0 saturated carbocycles. The van der Waals surface area contributed by atoms with Crippen molar-refractivity contribution in [2.45, 2.75) is 6.18 Å². The molecule has 0 fully saturated rings. The number of benzene rings is 1. The lowest BCUT2D eigenvalue weighted by molar-refractivity contribution is -0.138. The summed E-state index contributed by atoms with van der Waals surface area (Å²) >= 11 is 0. The normalized spacial score (nSPS) is 11.3. The van der Waals surface area contributed by atoms with Crippen LogP contribution in [0, 0.1) is 0 Å². The molecule has 0 aliphatic rings. The van der Waals surface area contributed by atoms with Gasteiger partial charge in [-0.05, 0) is 18.2 Å². The second-order valence-electron chi connectivity index (χ2n) is 3.36. The number of aromatic nitrogens is 2. The van der Waals surface area contributed by atoms with Gasteiger partial charge in [-0.25, -0.2) is 4.98 Å². The third kappa shape index (κ3) is 2.68. The first kappa shape index (κ1) is 12.2. The molecule has 2 aromatic rings. The largest absolute Gasteiger partial charge is 0.424 e. The number of halogens is 3. The number of alkyl halides is 3. The molecule has 0 amide bonds. The molecule has 18 heavy (non-hydrogen) atoms. The molecule has 0 aliphatic heterocycles. The summed E-state index contributed by atoms with van der Waals surface area (Å²) in [6, 6.07) is 5.98. The maximum Gasteiger partial charge on any atom is 0.419 e. The number of para-hydroxylation sites is 1. The number of hydrogen-bond donors (Lipinski definition) is 1. The highest BCUT2D eigenvalue weighted by atomic mass is 19.4. The maximum absolute atomic E-state index is 12.7. The van der Waals surface area contributed by atoms with Crippen molar-refractivity contribution in [1.82, 2.24) is 9.97 Å². The van der Waals surface area contributed by atoms with E-state index >= 15 is 0 Å². The van der Waals surface area contributed by atoms with Gasteiger partial charge in [0.25, 0.3) is 0 Å². The number of nitrogens with zero attached hydrogens (tertiary/aromatic N) is 2. The zero-order chi connectivity index (χ0) is 13.2. The quantitative estimate of drug-likeness (QED) is 0.896. The number of ether oxygens (including phenoxy) is 1. The van der Waals surface area contributed by atoms with E-state index in [0.29, 0.717) is 0 Å². The summed E-state index contributed by atoms with van der Waals surface area (Å²) in [6.45, 7) is 0. The van der Waals surface area contributed by atoms with Crippen LogP contribution in [-0.2, 0) is 6.18 Å². The van der Waals surface area contributed by atoms with Crippen LogP contribution in [-0.4, -0.2) is 9.97 Å². The summed E-state index contributed by atoms with van der Waals surface area (Å²) in [4.78, 5) is 7.35. The molecule has 2 rings (SSSR count). The van der Waals surface area contributed by atoms with Crippen molar-refractivity contribution in [1.29, 1.82) is 0 Å². The minimum absolute atomic E-state index is 0.115. The molecule has 0 bridgehead atoms. The predicted octanol–water partition coefficient (Wildman–Crippen LogP) is 2.87. The Morgan fingerprint density at radius 3 is 2.50 bits per heavy atom. The van der Waals surface area contributed by atoms with E-state index in [2.05, 4.69) is 9.97 Å². The minimum Gasteiger partial charge on any atom is -0.424 e. The summed E-state index contributed by atoms with van der Waals surface area (Å²) in [5, 5.41) is 0. The van der Waals surface area contributed by atoms with Gasteiger partial charge in [-0.3, -0.25) is 0 Å². The smallest absolute Gasteiger partial charge is 0.419 e. The molecule has 0 aliphatic carbocycles. The van der Waals surface area contributed by atoms with Gasteiger partial charge in [0.05, 0.1) is 5.56 Å². The number of nitrogen functional groups attached to an aromatic ring is 1. The van der Waals surface area contributed by atoms with Crippen molar-refractivity contribution in [3.8, 4) is 11.8 Å². The molecular formula is C11H8F3N3O. The topological polar surface area (TPSA) is 61.0 Å². The van der Waals surface area contributed by atoms with Gasteiger partial charge in [-0.15, -0.1) is 0 Å². The third-order valence-corrected chi connectivity index (χ3v) is 2.05. The molecule has 1 aromatic heterocycles. The van der Waals surface area contributed by atoms with Crippen molar-refractivity contribution in [2.24, 2.45) is 0 Å². The zero-order valence-electron chi connectivity index (χ0n) is 8.98. The number of rotatable bonds is 2. The molecule has 4 nitrogen and oxygen atoms in total. The molecule has 7 heteroatoms. The van der Waals surface area contributed by atoms with Crippen molar-refractivity contribution in [3.63, 3.8) is 0 Å². The van der Waals surface area contributed by atoms with Crippen LogP contribution in [0.15, 0.2) is 36.5 Å². The fourth-order valence-electron chi connectivity index (χ4n) is 1.29. The van der Waals surface area contributed by atoms with E-state index in [1.54, 1.807) is 0 Å². The summed E-state index contributed by atoms with van der Waals surface area (Å²) in [7, 11) is 0. The van der Waals surface area contributed by atoms with Crippen LogP contribution < -0.4 is 10.5 Å². The summed E-state index contributed by atoms with van der Waals surface area (Å²) in [5.74, 6) is -0.250. The van der Waals surface area contributed by atoms with Gasteiger partial charge >= 0.3 is 12.2 Å². The van der Waals surface area contributed by atoms with Gasteiger partial charge in [0, 0.05) is 6.20 Å². The van der Waals surface area contributed by atoms with Crippen molar-refractivity contribution in [2.75, 3.05) is 5.73 Å². The van der Waals surface area contributed by atoms with Crippen molar-refractivity contribution in [3.05, 3.63) is 42.1 Å². The minimum atomic E-state index is -4.50. The first-order chi connectivity index (χ1) is 8.47. The number of anilines is 1. The number of hydrogen-bond acceptors (Lipinski definition) is 4. The molecule has 94 valence electrons. The molecule has 2 N–H and O–H groups in total. The Hall–Kier alpha value is -2.31. The van der Waals surface area contributed by atoms with Crippen LogP contribution in [0.5, 0.6) is 11.8 Å². The lowest BCUT2D eigenvalue weighted by atomic mass is 10.2. The van der Waals surface area contributed by atoms with E-state index in [4.69, 9.17) is 10.5 Å². The van der Waals surface area contributed by atoms with Crippen LogP contribution in [0.4, 0.5) is 19.0 Å². The zero-order valence-corrected chi connectivity index (χ0v) is 8.98. The average Bonchev–Trinajstić information content (AvgIpc) is 2.28. The summed E-state index contributed by atoms with van der Waals surface area (Å²) in [6.07, 6.45) is -3.20. The Kier molecular flexibility index (Phi) is 3.05. The van der Waals surface area contributed by atoms with Gasteiger partial charge in [-0.2, -0.15) is 18.2 Å². The highest BCUT2D eigenvalue weighted by Crippen LogP contribution is 2.37. The molecule has 0 atom stereocenters. The Labute approximate surface area is 100 Å². The fourth-order valence-corrected chi connectivity index (χ4v) is 1.29.